The molecule has 0 saturated heterocycles. The largest absolute Gasteiger partial charge is 0.481 e. The Bertz CT molecular complexity index is 558. The summed E-state index contributed by atoms with van der Waals surface area (Å²) in [5, 5.41) is 12.1. The second-order valence-corrected chi connectivity index (χ2v) is 6.00. The molecule has 2 atom stereocenters. The van der Waals surface area contributed by atoms with Crippen molar-refractivity contribution in [3.63, 3.8) is 0 Å². The van der Waals surface area contributed by atoms with Crippen molar-refractivity contribution in [2.75, 3.05) is 0 Å². The molecular formula is C15H17ClFNO3. The first-order chi connectivity index (χ1) is 9.86. The zero-order chi connectivity index (χ0) is 15.6. The predicted octanol–water partition coefficient (Wildman–Crippen LogP) is 3.24. The molecule has 1 aromatic carbocycles. The van der Waals surface area contributed by atoms with E-state index in [-0.39, 0.29) is 10.6 Å². The van der Waals surface area contributed by atoms with Gasteiger partial charge < -0.3 is 10.4 Å². The van der Waals surface area contributed by atoms with Gasteiger partial charge in [0.05, 0.1) is 16.0 Å². The van der Waals surface area contributed by atoms with Crippen molar-refractivity contribution < 1.29 is 19.1 Å². The number of hydrogen-bond donors (Lipinski definition) is 2. The van der Waals surface area contributed by atoms with E-state index in [1.165, 1.54) is 12.1 Å². The van der Waals surface area contributed by atoms with Gasteiger partial charge >= 0.3 is 5.97 Å². The number of carbonyl (C=O) groups is 2. The Morgan fingerprint density at radius 3 is 2.76 bits per heavy atom. The van der Waals surface area contributed by atoms with Gasteiger partial charge in [0.1, 0.15) is 5.82 Å². The minimum absolute atomic E-state index is 0.0142. The van der Waals surface area contributed by atoms with Gasteiger partial charge in [0.25, 0.3) is 5.91 Å². The third kappa shape index (κ3) is 3.02. The van der Waals surface area contributed by atoms with E-state index in [1.807, 2.05) is 0 Å². The molecule has 1 aromatic rings. The second kappa shape index (κ2) is 6.02. The molecule has 6 heteroatoms. The maximum absolute atomic E-state index is 13.7. The van der Waals surface area contributed by atoms with E-state index < -0.39 is 29.2 Å². The van der Waals surface area contributed by atoms with Gasteiger partial charge in [-0.3, -0.25) is 9.59 Å². The van der Waals surface area contributed by atoms with E-state index >= 15 is 0 Å². The van der Waals surface area contributed by atoms with Crippen LogP contribution >= 0.6 is 11.6 Å². The van der Waals surface area contributed by atoms with Gasteiger partial charge in [0.15, 0.2) is 0 Å². The summed E-state index contributed by atoms with van der Waals surface area (Å²) in [6.45, 7) is 1.61. The van der Waals surface area contributed by atoms with Crippen molar-refractivity contribution >= 4 is 23.5 Å². The molecule has 2 rings (SSSR count). The molecule has 1 aliphatic rings. The number of aliphatic carboxylic acids is 1. The molecule has 1 aliphatic carbocycles. The second-order valence-electron chi connectivity index (χ2n) is 5.59. The van der Waals surface area contributed by atoms with Gasteiger partial charge in [-0.05, 0) is 31.9 Å². The summed E-state index contributed by atoms with van der Waals surface area (Å²) in [4.78, 5) is 23.7. The van der Waals surface area contributed by atoms with E-state index in [2.05, 4.69) is 5.32 Å². The monoisotopic (exact) mass is 313 g/mol. The van der Waals surface area contributed by atoms with Gasteiger partial charge in [-0.25, -0.2) is 4.39 Å². The fraction of sp³-hybridized carbons (Fsp3) is 0.467. The number of hydrogen-bond acceptors (Lipinski definition) is 2. The Hall–Kier alpha value is -1.62. The maximum atomic E-state index is 13.7. The van der Waals surface area contributed by atoms with Gasteiger partial charge in [0.2, 0.25) is 0 Å². The highest BCUT2D eigenvalue weighted by Gasteiger charge is 2.44. The smallest absolute Gasteiger partial charge is 0.311 e. The lowest BCUT2D eigenvalue weighted by Crippen LogP contribution is -2.52. The average molecular weight is 314 g/mol. The molecule has 0 heterocycles. The Labute approximate surface area is 127 Å². The van der Waals surface area contributed by atoms with Crippen molar-refractivity contribution in [3.8, 4) is 0 Å². The predicted molar refractivity (Wildman–Crippen MR) is 76.9 cm³/mol. The highest BCUT2D eigenvalue weighted by atomic mass is 35.5. The van der Waals surface area contributed by atoms with Crippen LogP contribution in [0.3, 0.4) is 0 Å². The Kier molecular flexibility index (Phi) is 4.52. The quantitative estimate of drug-likeness (QED) is 0.900. The minimum atomic E-state index is -1.04. The standard InChI is InChI=1S/C15H17ClFNO3/c1-15(14(20)21)8-3-2-7-11(15)18-13(19)12-9(16)5-4-6-10(12)17/h4-6,11H,2-3,7-8H2,1H3,(H,18,19)(H,20,21). The normalized spacial score (nSPS) is 25.4. The molecule has 1 saturated carbocycles. The van der Waals surface area contributed by atoms with Crippen molar-refractivity contribution in [2.24, 2.45) is 5.41 Å². The number of carbonyl (C=O) groups excluding carboxylic acids is 1. The van der Waals surface area contributed by atoms with Crippen molar-refractivity contribution in [1.29, 1.82) is 0 Å². The molecule has 1 fully saturated rings. The average Bonchev–Trinajstić information content (AvgIpc) is 2.41. The first kappa shape index (κ1) is 15.8. The molecule has 0 radical (unpaired) electrons. The zero-order valence-electron chi connectivity index (χ0n) is 11.7. The molecule has 2 N–H and O–H groups in total. The first-order valence-corrected chi connectivity index (χ1v) is 7.22. The van der Waals surface area contributed by atoms with Gasteiger partial charge in [-0.15, -0.1) is 0 Å². The number of benzene rings is 1. The molecule has 1 amide bonds. The zero-order valence-corrected chi connectivity index (χ0v) is 12.4. The van der Waals surface area contributed by atoms with Crippen molar-refractivity contribution in [3.05, 3.63) is 34.6 Å². The van der Waals surface area contributed by atoms with Crippen LogP contribution in [-0.2, 0) is 4.79 Å². The van der Waals surface area contributed by atoms with Crippen LogP contribution in [0, 0.1) is 11.2 Å². The minimum Gasteiger partial charge on any atom is -0.481 e. The van der Waals surface area contributed by atoms with Crippen molar-refractivity contribution in [2.45, 2.75) is 38.6 Å². The van der Waals surface area contributed by atoms with Crippen LogP contribution in [0.15, 0.2) is 18.2 Å². The number of amides is 1. The number of carboxylic acid groups (broad SMARTS) is 1. The van der Waals surface area contributed by atoms with Crippen LogP contribution in [0.4, 0.5) is 4.39 Å². The summed E-state index contributed by atoms with van der Waals surface area (Å²) < 4.78 is 13.7. The highest BCUT2D eigenvalue weighted by molar-refractivity contribution is 6.33. The summed E-state index contributed by atoms with van der Waals surface area (Å²) in [7, 11) is 0. The SMILES string of the molecule is CC1(C(=O)O)CCCCC1NC(=O)c1c(F)cccc1Cl. The number of carboxylic acids is 1. The third-order valence-electron chi connectivity index (χ3n) is 4.19. The van der Waals surface area contributed by atoms with Crippen molar-refractivity contribution in [1.82, 2.24) is 5.32 Å². The number of nitrogens with one attached hydrogen (secondary N) is 1. The van der Waals surface area contributed by atoms with Crippen LogP contribution in [-0.4, -0.2) is 23.0 Å². The van der Waals surface area contributed by atoms with Crippen LogP contribution in [0.2, 0.25) is 5.02 Å². The lowest BCUT2D eigenvalue weighted by molar-refractivity contribution is -0.151. The van der Waals surface area contributed by atoms with Gasteiger partial charge in [0, 0.05) is 6.04 Å². The van der Waals surface area contributed by atoms with Crippen LogP contribution in [0.25, 0.3) is 0 Å². The summed E-state index contributed by atoms with van der Waals surface area (Å²) in [5.74, 6) is -2.34. The topological polar surface area (TPSA) is 66.4 Å². The number of rotatable bonds is 3. The number of halogens is 2. The fourth-order valence-corrected chi connectivity index (χ4v) is 3.01. The van der Waals surface area contributed by atoms with Crippen LogP contribution < -0.4 is 5.32 Å². The van der Waals surface area contributed by atoms with E-state index in [4.69, 9.17) is 11.6 Å². The molecule has 0 spiro atoms. The molecule has 4 nitrogen and oxygen atoms in total. The molecular weight excluding hydrogens is 297 g/mol. The Morgan fingerprint density at radius 2 is 2.14 bits per heavy atom. The molecule has 0 aliphatic heterocycles. The summed E-state index contributed by atoms with van der Waals surface area (Å²) >= 11 is 5.86. The molecule has 0 aromatic heterocycles. The fourth-order valence-electron chi connectivity index (χ4n) is 2.77. The Balaban J connectivity index is 2.24. The molecule has 2 unspecified atom stereocenters. The molecule has 114 valence electrons. The molecule has 0 bridgehead atoms. The summed E-state index contributed by atoms with van der Waals surface area (Å²) in [6.07, 6.45) is 2.67. The van der Waals surface area contributed by atoms with Gasteiger partial charge in [-0.1, -0.05) is 30.5 Å². The third-order valence-corrected chi connectivity index (χ3v) is 4.51. The summed E-state index contributed by atoms with van der Waals surface area (Å²) in [5.41, 5.74) is -1.27. The van der Waals surface area contributed by atoms with E-state index in [0.29, 0.717) is 12.8 Å². The van der Waals surface area contributed by atoms with E-state index in [9.17, 15) is 19.1 Å². The van der Waals surface area contributed by atoms with Crippen LogP contribution in [0.5, 0.6) is 0 Å². The van der Waals surface area contributed by atoms with Gasteiger partial charge in [-0.2, -0.15) is 0 Å². The molecule has 21 heavy (non-hydrogen) atoms. The lowest BCUT2D eigenvalue weighted by atomic mass is 9.71. The lowest BCUT2D eigenvalue weighted by Gasteiger charge is -2.38. The highest BCUT2D eigenvalue weighted by Crippen LogP contribution is 2.36. The van der Waals surface area contributed by atoms with E-state index in [1.54, 1.807) is 6.92 Å². The van der Waals surface area contributed by atoms with Crippen LogP contribution in [0.1, 0.15) is 43.0 Å². The van der Waals surface area contributed by atoms with E-state index in [0.717, 1.165) is 18.9 Å². The first-order valence-electron chi connectivity index (χ1n) is 6.84. The summed E-state index contributed by atoms with van der Waals surface area (Å²) in [6, 6.07) is 3.46. The maximum Gasteiger partial charge on any atom is 0.311 e. The Morgan fingerprint density at radius 1 is 1.43 bits per heavy atom.